The van der Waals surface area contributed by atoms with Crippen LogP contribution < -0.4 is 14.4 Å². The Hall–Kier alpha value is -2.65. The van der Waals surface area contributed by atoms with Crippen molar-refractivity contribution in [3.8, 4) is 5.75 Å². The molecule has 1 atom stereocenters. The van der Waals surface area contributed by atoms with Crippen LogP contribution in [0.1, 0.15) is 39.0 Å². The summed E-state index contributed by atoms with van der Waals surface area (Å²) in [5.74, 6) is -0.380. The largest absolute Gasteiger partial charge is 0.497 e. The fourth-order valence-electron chi connectivity index (χ4n) is 4.31. The van der Waals surface area contributed by atoms with E-state index in [0.717, 1.165) is 30.2 Å². The highest BCUT2D eigenvalue weighted by Crippen LogP contribution is 2.25. The Balaban J connectivity index is 1.66. The fourth-order valence-corrected chi connectivity index (χ4v) is 5.73. The van der Waals surface area contributed by atoms with E-state index in [9.17, 15) is 17.6 Å². The molecule has 1 heterocycles. The van der Waals surface area contributed by atoms with Crippen LogP contribution in [0.2, 0.25) is 0 Å². The first-order valence-electron chi connectivity index (χ1n) is 11.8. The van der Waals surface area contributed by atoms with Gasteiger partial charge in [0.2, 0.25) is 5.91 Å². The van der Waals surface area contributed by atoms with E-state index in [0.29, 0.717) is 18.3 Å². The van der Waals surface area contributed by atoms with Gasteiger partial charge in [0.15, 0.2) is 0 Å². The lowest BCUT2D eigenvalue weighted by Crippen LogP contribution is -2.43. The molecule has 9 heteroatoms. The van der Waals surface area contributed by atoms with Crippen LogP contribution in [0, 0.1) is 5.82 Å². The van der Waals surface area contributed by atoms with Crippen molar-refractivity contribution < 1.29 is 22.3 Å². The number of methoxy groups -OCH3 is 1. The molecule has 1 saturated heterocycles. The second-order valence-electron chi connectivity index (χ2n) is 8.46. The van der Waals surface area contributed by atoms with Crippen molar-refractivity contribution in [2.75, 3.05) is 37.6 Å². The third kappa shape index (κ3) is 6.70. The Morgan fingerprint density at radius 1 is 1.15 bits per heavy atom. The van der Waals surface area contributed by atoms with Gasteiger partial charge in [-0.25, -0.2) is 12.8 Å². The van der Waals surface area contributed by atoms with Crippen molar-refractivity contribution in [2.24, 2.45) is 0 Å². The third-order valence-corrected chi connectivity index (χ3v) is 8.00. The van der Waals surface area contributed by atoms with Crippen LogP contribution in [0.5, 0.6) is 5.75 Å². The third-order valence-electron chi connectivity index (χ3n) is 6.21. The van der Waals surface area contributed by atoms with Crippen LogP contribution in [0.4, 0.5) is 10.1 Å². The average Bonchev–Trinajstić information content (AvgIpc) is 2.86. The zero-order valence-electron chi connectivity index (χ0n) is 19.9. The Kier molecular flexibility index (Phi) is 9.29. The maximum atomic E-state index is 13.5. The second-order valence-corrected chi connectivity index (χ2v) is 10.3. The fraction of sp³-hybridized carbons (Fsp3) is 0.480. The van der Waals surface area contributed by atoms with Gasteiger partial charge in [0.25, 0.3) is 10.0 Å². The topological polar surface area (TPSA) is 79.0 Å². The Morgan fingerprint density at radius 2 is 1.85 bits per heavy atom. The van der Waals surface area contributed by atoms with Gasteiger partial charge in [-0.05, 0) is 80.8 Å². The Morgan fingerprint density at radius 3 is 2.50 bits per heavy atom. The van der Waals surface area contributed by atoms with Crippen LogP contribution in [-0.2, 0) is 14.8 Å². The lowest BCUT2D eigenvalue weighted by atomic mass is 10.00. The highest BCUT2D eigenvalue weighted by atomic mass is 32.2. The van der Waals surface area contributed by atoms with E-state index in [1.807, 2.05) is 0 Å². The number of carbonyl (C=O) groups excluding carboxylic acids is 1. The minimum Gasteiger partial charge on any atom is -0.497 e. The van der Waals surface area contributed by atoms with E-state index < -0.39 is 28.3 Å². The monoisotopic (exact) mass is 491 g/mol. The molecule has 1 N–H and O–H groups in total. The van der Waals surface area contributed by atoms with Crippen molar-refractivity contribution in [1.29, 1.82) is 0 Å². The van der Waals surface area contributed by atoms with Gasteiger partial charge in [0.1, 0.15) is 18.1 Å². The highest BCUT2D eigenvalue weighted by Gasteiger charge is 2.27. The van der Waals surface area contributed by atoms with Crippen molar-refractivity contribution >= 4 is 21.6 Å². The summed E-state index contributed by atoms with van der Waals surface area (Å²) in [4.78, 5) is 15.2. The number of piperidine rings is 1. The molecule has 2 aromatic rings. The van der Waals surface area contributed by atoms with E-state index in [2.05, 4.69) is 17.1 Å². The normalized spacial score (nSPS) is 16.7. The molecule has 1 aliphatic heterocycles. The molecule has 7 nitrogen and oxygen atoms in total. The predicted molar refractivity (Wildman–Crippen MR) is 131 cm³/mol. The summed E-state index contributed by atoms with van der Waals surface area (Å²) in [5.41, 5.74) is 0.214. The molecule has 0 aromatic heterocycles. The molecule has 186 valence electrons. The van der Waals surface area contributed by atoms with Gasteiger partial charge in [0.05, 0.1) is 17.7 Å². The predicted octanol–water partition coefficient (Wildman–Crippen LogP) is 3.80. The van der Waals surface area contributed by atoms with Crippen LogP contribution in [0.3, 0.4) is 0 Å². The molecule has 1 amide bonds. The number of likely N-dealkylation sites (tertiary alicyclic amines) is 1. The molecule has 34 heavy (non-hydrogen) atoms. The minimum absolute atomic E-state index is 0.0149. The maximum Gasteiger partial charge on any atom is 0.264 e. The van der Waals surface area contributed by atoms with Crippen molar-refractivity contribution in [1.82, 2.24) is 10.2 Å². The summed E-state index contributed by atoms with van der Waals surface area (Å²) in [7, 11) is -2.57. The number of halogens is 1. The number of ether oxygens (including phenoxy) is 1. The van der Waals surface area contributed by atoms with Gasteiger partial charge in [0, 0.05) is 19.1 Å². The number of sulfonamides is 1. The number of carbonyl (C=O) groups is 1. The molecule has 0 saturated carbocycles. The summed E-state index contributed by atoms with van der Waals surface area (Å²) < 4.78 is 46.3. The van der Waals surface area contributed by atoms with Gasteiger partial charge in [-0.3, -0.25) is 9.10 Å². The van der Waals surface area contributed by atoms with Gasteiger partial charge in [-0.2, -0.15) is 0 Å². The molecule has 3 rings (SSSR count). The second kappa shape index (κ2) is 12.2. The van der Waals surface area contributed by atoms with E-state index in [-0.39, 0.29) is 10.6 Å². The van der Waals surface area contributed by atoms with E-state index in [1.165, 1.54) is 62.8 Å². The SMILES string of the molecule is CCC1CCCCN1CCCNC(=O)CN(c1ccc(F)cc1)S(=O)(=O)c1ccc(OC)cc1. The maximum absolute atomic E-state index is 13.5. The average molecular weight is 492 g/mol. The zero-order valence-corrected chi connectivity index (χ0v) is 20.7. The molecule has 0 bridgehead atoms. The molecular formula is C25H34FN3O4S. The number of hydrogen-bond acceptors (Lipinski definition) is 5. The zero-order chi connectivity index (χ0) is 24.6. The van der Waals surface area contributed by atoms with Gasteiger partial charge in [-0.1, -0.05) is 13.3 Å². The molecule has 2 aromatic carbocycles. The number of nitrogens with zero attached hydrogens (tertiary/aromatic N) is 2. The van der Waals surface area contributed by atoms with E-state index in [4.69, 9.17) is 4.74 Å². The molecule has 1 fully saturated rings. The number of nitrogens with one attached hydrogen (secondary N) is 1. The first-order chi connectivity index (χ1) is 16.3. The van der Waals surface area contributed by atoms with Crippen LogP contribution in [-0.4, -0.2) is 58.6 Å². The first kappa shape index (κ1) is 26.0. The van der Waals surface area contributed by atoms with Crippen LogP contribution in [0.15, 0.2) is 53.4 Å². The summed E-state index contributed by atoms with van der Waals surface area (Å²) in [5, 5.41) is 2.84. The number of rotatable bonds is 11. The quantitative estimate of drug-likeness (QED) is 0.484. The Bertz CT molecular complexity index is 1030. The summed E-state index contributed by atoms with van der Waals surface area (Å²) in [6.07, 6.45) is 5.62. The molecule has 0 aliphatic carbocycles. The van der Waals surface area contributed by atoms with Crippen molar-refractivity contribution in [3.05, 3.63) is 54.3 Å². The molecule has 0 radical (unpaired) electrons. The molecular weight excluding hydrogens is 457 g/mol. The highest BCUT2D eigenvalue weighted by molar-refractivity contribution is 7.92. The van der Waals surface area contributed by atoms with Gasteiger partial charge >= 0.3 is 0 Å². The number of hydrogen-bond donors (Lipinski definition) is 1. The first-order valence-corrected chi connectivity index (χ1v) is 13.2. The molecule has 1 aliphatic rings. The standard InChI is InChI=1S/C25H34FN3O4S/c1-3-21-7-4-5-17-28(21)18-6-16-27-25(30)19-29(22-10-8-20(26)9-11-22)34(31,32)24-14-12-23(33-2)13-15-24/h8-15,21H,3-7,16-19H2,1-2H3,(H,27,30). The number of amides is 1. The minimum atomic E-state index is -4.06. The van der Waals surface area contributed by atoms with E-state index in [1.54, 1.807) is 12.1 Å². The van der Waals surface area contributed by atoms with Crippen LogP contribution >= 0.6 is 0 Å². The van der Waals surface area contributed by atoms with Crippen molar-refractivity contribution in [3.63, 3.8) is 0 Å². The molecule has 1 unspecified atom stereocenters. The number of anilines is 1. The van der Waals surface area contributed by atoms with Crippen LogP contribution in [0.25, 0.3) is 0 Å². The summed E-state index contributed by atoms with van der Waals surface area (Å²) in [6, 6.07) is 11.6. The van der Waals surface area contributed by atoms with Gasteiger partial charge < -0.3 is 15.0 Å². The van der Waals surface area contributed by atoms with Crippen molar-refractivity contribution in [2.45, 2.75) is 50.0 Å². The smallest absolute Gasteiger partial charge is 0.264 e. The lowest BCUT2D eigenvalue weighted by Gasteiger charge is -2.35. The lowest BCUT2D eigenvalue weighted by molar-refractivity contribution is -0.119. The van der Waals surface area contributed by atoms with E-state index >= 15 is 0 Å². The molecule has 0 spiro atoms. The Labute approximate surface area is 201 Å². The van der Waals surface area contributed by atoms with Gasteiger partial charge in [-0.15, -0.1) is 0 Å². The summed E-state index contributed by atoms with van der Waals surface area (Å²) in [6.45, 7) is 4.26. The number of benzene rings is 2. The summed E-state index contributed by atoms with van der Waals surface area (Å²) >= 11 is 0.